The van der Waals surface area contributed by atoms with Gasteiger partial charge in [0.15, 0.2) is 5.65 Å². The number of aliphatic carboxylic acids is 1. The van der Waals surface area contributed by atoms with Crippen LogP contribution >= 0.6 is 11.3 Å². The molecule has 2 atom stereocenters. The highest BCUT2D eigenvalue weighted by Crippen LogP contribution is 2.45. The molecule has 1 aromatic carbocycles. The van der Waals surface area contributed by atoms with Crippen molar-refractivity contribution in [3.8, 4) is 0 Å². The van der Waals surface area contributed by atoms with Crippen LogP contribution in [0.15, 0.2) is 42.5 Å². The summed E-state index contributed by atoms with van der Waals surface area (Å²) in [5, 5.41) is 9.85. The zero-order chi connectivity index (χ0) is 21.7. The van der Waals surface area contributed by atoms with Crippen molar-refractivity contribution >= 4 is 28.5 Å². The summed E-state index contributed by atoms with van der Waals surface area (Å²) in [6.07, 6.45) is 1.43. The number of imidazole rings is 1. The first-order chi connectivity index (χ1) is 15.0. The van der Waals surface area contributed by atoms with Crippen molar-refractivity contribution in [2.24, 2.45) is 5.92 Å². The van der Waals surface area contributed by atoms with Crippen molar-refractivity contribution < 1.29 is 9.90 Å². The Hall–Kier alpha value is -2.99. The van der Waals surface area contributed by atoms with E-state index in [4.69, 9.17) is 9.97 Å². The second-order valence-corrected chi connectivity index (χ2v) is 9.55. The largest absolute Gasteiger partial charge is 0.481 e. The number of hydrogen-bond donors (Lipinski definition) is 1. The molecule has 5 rings (SSSR count). The van der Waals surface area contributed by atoms with Gasteiger partial charge >= 0.3 is 5.97 Å². The Kier molecular flexibility index (Phi) is 4.89. The normalized spacial score (nSPS) is 17.9. The minimum atomic E-state index is -0.722. The number of hydrogen-bond acceptors (Lipinski definition) is 4. The maximum Gasteiger partial charge on any atom is 0.307 e. The van der Waals surface area contributed by atoms with Gasteiger partial charge in [-0.1, -0.05) is 31.2 Å². The predicted octanol–water partition coefficient (Wildman–Crippen LogP) is 5.11. The second kappa shape index (κ2) is 7.61. The summed E-state index contributed by atoms with van der Waals surface area (Å²) in [4.78, 5) is 23.9. The van der Waals surface area contributed by atoms with Crippen LogP contribution in [0.25, 0.3) is 11.2 Å². The number of carbonyl (C=O) groups is 1. The summed E-state index contributed by atoms with van der Waals surface area (Å²) >= 11 is 1.71. The molecule has 1 aliphatic carbocycles. The summed E-state index contributed by atoms with van der Waals surface area (Å²) in [5.41, 5.74) is 6.34. The number of aromatic nitrogens is 3. The third-order valence-electron chi connectivity index (χ3n) is 6.27. The lowest BCUT2D eigenvalue weighted by atomic mass is 9.91. The van der Waals surface area contributed by atoms with Gasteiger partial charge < -0.3 is 9.67 Å². The fourth-order valence-electron chi connectivity index (χ4n) is 4.86. The first-order valence-corrected chi connectivity index (χ1v) is 11.5. The van der Waals surface area contributed by atoms with Crippen LogP contribution in [0.1, 0.15) is 50.8 Å². The number of thiophene rings is 1. The zero-order valence-electron chi connectivity index (χ0n) is 17.9. The Labute approximate surface area is 185 Å². The number of fused-ring (bicyclic) bond motifs is 2. The third-order valence-corrected chi connectivity index (χ3v) is 7.42. The Morgan fingerprint density at radius 2 is 2.00 bits per heavy atom. The van der Waals surface area contributed by atoms with Gasteiger partial charge in [-0.25, -0.2) is 9.97 Å². The van der Waals surface area contributed by atoms with E-state index in [0.717, 1.165) is 50.7 Å². The SMILES string of the molecule is CCc1nc2c(C)cc(C)nc2n1Cc1ccc(C2c3ccccc3CC2C(=O)O)s1. The molecule has 0 spiro atoms. The van der Waals surface area contributed by atoms with Crippen molar-refractivity contribution in [2.75, 3.05) is 0 Å². The number of rotatable bonds is 5. The topological polar surface area (TPSA) is 68.0 Å². The van der Waals surface area contributed by atoms with E-state index in [1.54, 1.807) is 11.3 Å². The molecule has 0 bridgehead atoms. The van der Waals surface area contributed by atoms with Gasteiger partial charge in [-0.05, 0) is 55.2 Å². The summed E-state index contributed by atoms with van der Waals surface area (Å²) in [6, 6.07) is 14.5. The Morgan fingerprint density at radius 3 is 2.77 bits per heavy atom. The van der Waals surface area contributed by atoms with Gasteiger partial charge in [0.2, 0.25) is 0 Å². The highest BCUT2D eigenvalue weighted by molar-refractivity contribution is 7.12. The average molecular weight is 432 g/mol. The van der Waals surface area contributed by atoms with Crippen molar-refractivity contribution in [1.29, 1.82) is 0 Å². The van der Waals surface area contributed by atoms with Gasteiger partial charge in [-0.15, -0.1) is 11.3 Å². The lowest BCUT2D eigenvalue weighted by Gasteiger charge is -2.15. The van der Waals surface area contributed by atoms with Crippen LogP contribution < -0.4 is 0 Å². The van der Waals surface area contributed by atoms with Crippen molar-refractivity contribution in [3.63, 3.8) is 0 Å². The molecular formula is C25H25N3O2S. The van der Waals surface area contributed by atoms with E-state index in [1.165, 1.54) is 4.88 Å². The van der Waals surface area contributed by atoms with E-state index in [-0.39, 0.29) is 5.92 Å². The first-order valence-electron chi connectivity index (χ1n) is 10.7. The smallest absolute Gasteiger partial charge is 0.307 e. The van der Waals surface area contributed by atoms with Gasteiger partial charge in [-0.3, -0.25) is 4.79 Å². The van der Waals surface area contributed by atoms with Crippen molar-refractivity contribution in [1.82, 2.24) is 14.5 Å². The number of nitrogens with zero attached hydrogens (tertiary/aromatic N) is 3. The monoisotopic (exact) mass is 431 g/mol. The third kappa shape index (κ3) is 3.35. The van der Waals surface area contributed by atoms with Crippen molar-refractivity contribution in [2.45, 2.75) is 46.1 Å². The molecule has 6 heteroatoms. The van der Waals surface area contributed by atoms with Crippen molar-refractivity contribution in [3.05, 3.63) is 80.4 Å². The molecule has 0 saturated carbocycles. The molecule has 0 fully saturated rings. The number of pyridine rings is 1. The van der Waals surface area contributed by atoms with Gasteiger partial charge in [0.1, 0.15) is 11.3 Å². The number of benzene rings is 1. The lowest BCUT2D eigenvalue weighted by Crippen LogP contribution is -2.18. The minimum Gasteiger partial charge on any atom is -0.481 e. The number of aryl methyl sites for hydroxylation is 3. The maximum atomic E-state index is 12.0. The molecule has 1 aliphatic rings. The Morgan fingerprint density at radius 1 is 1.19 bits per heavy atom. The molecule has 2 unspecified atom stereocenters. The molecule has 31 heavy (non-hydrogen) atoms. The van der Waals surface area contributed by atoms with Crippen LogP contribution in [0.2, 0.25) is 0 Å². The van der Waals surface area contributed by atoms with Gasteiger partial charge in [0.05, 0.1) is 12.5 Å². The van der Waals surface area contributed by atoms with E-state index in [0.29, 0.717) is 13.0 Å². The molecule has 1 N–H and O–H groups in total. The summed E-state index contributed by atoms with van der Waals surface area (Å²) in [7, 11) is 0. The predicted molar refractivity (Wildman–Crippen MR) is 123 cm³/mol. The standard InChI is InChI=1S/C25H25N3O2S/c1-4-21-27-23-14(2)11-15(3)26-24(23)28(21)13-17-9-10-20(31-17)22-18-8-6-5-7-16(18)12-19(22)25(29)30/h5-11,19,22H,4,12-13H2,1-3H3,(H,29,30). The van der Waals surface area contributed by atoms with Crippen LogP contribution in [0.5, 0.6) is 0 Å². The first kappa shape index (κ1) is 19.9. The molecule has 4 aromatic rings. The molecule has 0 amide bonds. The van der Waals surface area contributed by atoms with Crippen LogP contribution in [0.4, 0.5) is 0 Å². The highest BCUT2D eigenvalue weighted by atomic mass is 32.1. The van der Waals surface area contributed by atoms with E-state index in [9.17, 15) is 9.90 Å². The van der Waals surface area contributed by atoms with E-state index in [1.807, 2.05) is 19.1 Å². The maximum absolute atomic E-state index is 12.0. The van der Waals surface area contributed by atoms with Crippen LogP contribution in [-0.2, 0) is 24.2 Å². The molecule has 5 nitrogen and oxygen atoms in total. The molecule has 0 saturated heterocycles. The van der Waals surface area contributed by atoms with E-state index < -0.39 is 11.9 Å². The van der Waals surface area contributed by atoms with Gasteiger partial charge in [0.25, 0.3) is 0 Å². The average Bonchev–Trinajstić information content (AvgIpc) is 3.44. The van der Waals surface area contributed by atoms with Gasteiger partial charge in [-0.2, -0.15) is 0 Å². The molecule has 158 valence electrons. The molecule has 0 radical (unpaired) electrons. The summed E-state index contributed by atoms with van der Waals surface area (Å²) < 4.78 is 2.21. The number of carboxylic acid groups (broad SMARTS) is 1. The molecular weight excluding hydrogens is 406 g/mol. The summed E-state index contributed by atoms with van der Waals surface area (Å²) in [6.45, 7) is 6.92. The van der Waals surface area contributed by atoms with Crippen LogP contribution in [-0.4, -0.2) is 25.6 Å². The Bertz CT molecular complexity index is 1300. The highest BCUT2D eigenvalue weighted by Gasteiger charge is 2.38. The zero-order valence-corrected chi connectivity index (χ0v) is 18.7. The molecule has 3 aromatic heterocycles. The fraction of sp³-hybridized carbons (Fsp3) is 0.320. The summed E-state index contributed by atoms with van der Waals surface area (Å²) in [5.74, 6) is -0.183. The van der Waals surface area contributed by atoms with E-state index in [2.05, 4.69) is 48.7 Å². The van der Waals surface area contributed by atoms with Crippen LogP contribution in [0.3, 0.4) is 0 Å². The minimum absolute atomic E-state index is 0.0831. The lowest BCUT2D eigenvalue weighted by molar-refractivity contribution is -0.141. The second-order valence-electron chi connectivity index (χ2n) is 8.35. The van der Waals surface area contributed by atoms with E-state index >= 15 is 0 Å². The Balaban J connectivity index is 1.53. The number of carboxylic acids is 1. The quantitative estimate of drug-likeness (QED) is 0.477. The van der Waals surface area contributed by atoms with Gasteiger partial charge in [0, 0.05) is 27.8 Å². The van der Waals surface area contributed by atoms with Crippen LogP contribution in [0, 0.1) is 19.8 Å². The molecule has 0 aliphatic heterocycles. The fourth-order valence-corrected chi connectivity index (χ4v) is 6.05. The molecule has 3 heterocycles.